The summed E-state index contributed by atoms with van der Waals surface area (Å²) in [4.78, 5) is 1.71. The van der Waals surface area contributed by atoms with Gasteiger partial charge in [-0.05, 0) is 14.0 Å². The number of likely N-dealkylation sites (tertiary alicyclic amines) is 1. The van der Waals surface area contributed by atoms with E-state index in [-0.39, 0.29) is 13.0 Å². The van der Waals surface area contributed by atoms with Crippen LogP contribution in [0.15, 0.2) is 0 Å². The SMILES string of the molecule is CN1CCC(F)(F)C(C)(O)C1. The van der Waals surface area contributed by atoms with Gasteiger partial charge in [0.25, 0.3) is 5.92 Å². The molecule has 0 saturated carbocycles. The summed E-state index contributed by atoms with van der Waals surface area (Å²) in [6, 6.07) is 0. The molecule has 0 spiro atoms. The van der Waals surface area contributed by atoms with Crippen LogP contribution in [-0.4, -0.2) is 41.7 Å². The Bertz CT molecular complexity index is 159. The number of hydrogen-bond acceptors (Lipinski definition) is 2. The summed E-state index contributed by atoms with van der Waals surface area (Å²) < 4.78 is 25.8. The van der Waals surface area contributed by atoms with Crippen molar-refractivity contribution in [3.63, 3.8) is 0 Å². The Morgan fingerprint density at radius 1 is 1.45 bits per heavy atom. The van der Waals surface area contributed by atoms with E-state index >= 15 is 0 Å². The minimum atomic E-state index is -2.93. The van der Waals surface area contributed by atoms with Gasteiger partial charge >= 0.3 is 0 Å². The number of alkyl halides is 2. The van der Waals surface area contributed by atoms with Crippen molar-refractivity contribution in [3.05, 3.63) is 0 Å². The first-order valence-electron chi connectivity index (χ1n) is 3.64. The largest absolute Gasteiger partial charge is 0.383 e. The normalized spacial score (nSPS) is 39.0. The Kier molecular flexibility index (Phi) is 1.92. The van der Waals surface area contributed by atoms with Crippen molar-refractivity contribution >= 4 is 0 Å². The first-order chi connectivity index (χ1) is 4.85. The molecule has 4 heteroatoms. The molecular weight excluding hydrogens is 152 g/mol. The maximum atomic E-state index is 12.9. The zero-order valence-corrected chi connectivity index (χ0v) is 6.77. The first-order valence-corrected chi connectivity index (χ1v) is 3.64. The summed E-state index contributed by atoms with van der Waals surface area (Å²) in [6.07, 6.45) is -0.253. The molecule has 1 unspecified atom stereocenters. The molecule has 1 saturated heterocycles. The molecule has 1 heterocycles. The maximum absolute atomic E-state index is 12.9. The molecule has 11 heavy (non-hydrogen) atoms. The molecule has 1 fully saturated rings. The topological polar surface area (TPSA) is 23.5 Å². The quantitative estimate of drug-likeness (QED) is 0.571. The van der Waals surface area contributed by atoms with E-state index in [4.69, 9.17) is 0 Å². The van der Waals surface area contributed by atoms with E-state index < -0.39 is 11.5 Å². The molecule has 2 nitrogen and oxygen atoms in total. The lowest BCUT2D eigenvalue weighted by atomic mass is 9.91. The van der Waals surface area contributed by atoms with Gasteiger partial charge in [-0.2, -0.15) is 0 Å². The average Bonchev–Trinajstić information content (AvgIpc) is 1.80. The molecule has 1 aliphatic heterocycles. The third-order valence-electron chi connectivity index (χ3n) is 2.17. The predicted octanol–water partition coefficient (Wildman–Crippen LogP) is 0.708. The van der Waals surface area contributed by atoms with Gasteiger partial charge in [-0.15, -0.1) is 0 Å². The van der Waals surface area contributed by atoms with Gasteiger partial charge in [-0.1, -0.05) is 0 Å². The minimum absolute atomic E-state index is 0.0417. The lowest BCUT2D eigenvalue weighted by molar-refractivity contribution is -0.203. The van der Waals surface area contributed by atoms with Crippen LogP contribution in [0.5, 0.6) is 0 Å². The highest BCUT2D eigenvalue weighted by atomic mass is 19.3. The summed E-state index contributed by atoms with van der Waals surface area (Å²) >= 11 is 0. The fourth-order valence-electron chi connectivity index (χ4n) is 1.32. The lowest BCUT2D eigenvalue weighted by Crippen LogP contribution is -2.58. The van der Waals surface area contributed by atoms with Gasteiger partial charge in [-0.25, -0.2) is 8.78 Å². The fraction of sp³-hybridized carbons (Fsp3) is 1.00. The number of piperidine rings is 1. The zero-order valence-electron chi connectivity index (χ0n) is 6.77. The fourth-order valence-corrected chi connectivity index (χ4v) is 1.32. The molecule has 1 atom stereocenters. The van der Waals surface area contributed by atoms with Crippen molar-refractivity contribution in [1.29, 1.82) is 0 Å². The molecule has 1 N–H and O–H groups in total. The summed E-state index contributed by atoms with van der Waals surface area (Å²) in [5.41, 5.74) is -1.86. The van der Waals surface area contributed by atoms with Crippen LogP contribution >= 0.6 is 0 Å². The Labute approximate surface area is 64.8 Å². The van der Waals surface area contributed by atoms with Gasteiger partial charge < -0.3 is 10.0 Å². The van der Waals surface area contributed by atoms with Crippen LogP contribution in [0, 0.1) is 0 Å². The van der Waals surface area contributed by atoms with Crippen LogP contribution in [0.3, 0.4) is 0 Å². The molecule has 0 amide bonds. The van der Waals surface area contributed by atoms with Crippen LogP contribution in [-0.2, 0) is 0 Å². The predicted molar refractivity (Wildman–Crippen MR) is 37.7 cm³/mol. The minimum Gasteiger partial charge on any atom is -0.383 e. The van der Waals surface area contributed by atoms with Crippen LogP contribution < -0.4 is 0 Å². The summed E-state index contributed by atoms with van der Waals surface area (Å²) in [7, 11) is 1.73. The summed E-state index contributed by atoms with van der Waals surface area (Å²) in [5, 5.41) is 9.28. The summed E-state index contributed by atoms with van der Waals surface area (Å²) in [5.74, 6) is -2.93. The highest BCUT2D eigenvalue weighted by molar-refractivity contribution is 4.95. The number of β-amino-alcohol motifs (C(OH)–C–C–N with tert-alkyl or cyclic N) is 1. The molecule has 1 aliphatic rings. The van der Waals surface area contributed by atoms with Crippen molar-refractivity contribution in [2.75, 3.05) is 20.1 Å². The van der Waals surface area contributed by atoms with E-state index in [2.05, 4.69) is 0 Å². The third-order valence-corrected chi connectivity index (χ3v) is 2.17. The highest BCUT2D eigenvalue weighted by Crippen LogP contribution is 2.35. The van der Waals surface area contributed by atoms with E-state index in [9.17, 15) is 13.9 Å². The third kappa shape index (κ3) is 1.51. The smallest absolute Gasteiger partial charge is 0.278 e. The number of hydrogen-bond donors (Lipinski definition) is 1. The Morgan fingerprint density at radius 3 is 2.36 bits per heavy atom. The molecule has 0 aromatic rings. The van der Waals surface area contributed by atoms with Crippen LogP contribution in [0.4, 0.5) is 8.78 Å². The van der Waals surface area contributed by atoms with E-state index in [0.29, 0.717) is 6.54 Å². The lowest BCUT2D eigenvalue weighted by Gasteiger charge is -2.40. The Hall–Kier alpha value is -0.220. The molecule has 0 aliphatic carbocycles. The Balaban J connectivity index is 2.72. The number of nitrogens with zero attached hydrogens (tertiary/aromatic N) is 1. The van der Waals surface area contributed by atoms with Crippen LogP contribution in [0.25, 0.3) is 0 Å². The van der Waals surface area contributed by atoms with Gasteiger partial charge in [0, 0.05) is 19.5 Å². The summed E-state index contributed by atoms with van der Waals surface area (Å²) in [6.45, 7) is 1.58. The van der Waals surface area contributed by atoms with Crippen molar-refractivity contribution < 1.29 is 13.9 Å². The highest BCUT2D eigenvalue weighted by Gasteiger charge is 2.51. The van der Waals surface area contributed by atoms with Gasteiger partial charge in [0.2, 0.25) is 0 Å². The second-order valence-electron chi connectivity index (χ2n) is 3.47. The van der Waals surface area contributed by atoms with Gasteiger partial charge in [-0.3, -0.25) is 0 Å². The van der Waals surface area contributed by atoms with Crippen molar-refractivity contribution in [1.82, 2.24) is 4.90 Å². The molecule has 1 rings (SSSR count). The number of likely N-dealkylation sites (N-methyl/N-ethyl adjacent to an activating group) is 1. The van der Waals surface area contributed by atoms with Gasteiger partial charge in [0.05, 0.1) is 0 Å². The molecule has 0 radical (unpaired) electrons. The maximum Gasteiger partial charge on any atom is 0.278 e. The van der Waals surface area contributed by atoms with E-state index in [1.54, 1.807) is 11.9 Å². The molecule has 0 bridgehead atoms. The van der Waals surface area contributed by atoms with Gasteiger partial charge in [0.1, 0.15) is 5.60 Å². The monoisotopic (exact) mass is 165 g/mol. The molecule has 0 aromatic carbocycles. The van der Waals surface area contributed by atoms with E-state index in [1.807, 2.05) is 0 Å². The first kappa shape index (κ1) is 8.87. The van der Waals surface area contributed by atoms with E-state index in [1.165, 1.54) is 6.92 Å². The van der Waals surface area contributed by atoms with Crippen molar-refractivity contribution in [3.8, 4) is 0 Å². The number of aliphatic hydroxyl groups is 1. The standard InChI is InChI=1S/C7H13F2NO/c1-6(11)5-10(2)4-3-7(6,8)9/h11H,3-5H2,1-2H3. The van der Waals surface area contributed by atoms with Crippen molar-refractivity contribution in [2.24, 2.45) is 0 Å². The van der Waals surface area contributed by atoms with Crippen molar-refractivity contribution in [2.45, 2.75) is 24.9 Å². The second-order valence-corrected chi connectivity index (χ2v) is 3.47. The average molecular weight is 165 g/mol. The molecule has 0 aromatic heterocycles. The molecular formula is C7H13F2NO. The van der Waals surface area contributed by atoms with Gasteiger partial charge in [0.15, 0.2) is 0 Å². The van der Waals surface area contributed by atoms with Crippen LogP contribution in [0.2, 0.25) is 0 Å². The zero-order chi connectivity index (χ0) is 8.70. The second kappa shape index (κ2) is 2.38. The van der Waals surface area contributed by atoms with Crippen LogP contribution in [0.1, 0.15) is 13.3 Å². The number of rotatable bonds is 0. The molecule has 66 valence electrons. The Morgan fingerprint density at radius 2 is 2.00 bits per heavy atom. The number of halogens is 2. The van der Waals surface area contributed by atoms with E-state index in [0.717, 1.165) is 0 Å².